The molecule has 8 N–H and O–H groups in total. The van der Waals surface area contributed by atoms with Gasteiger partial charge in [-0.2, -0.15) is 10.5 Å². The average Bonchev–Trinajstić information content (AvgIpc) is 2.30. The number of nitrogens with two attached hydrogens (primary N) is 2. The Hall–Kier alpha value is -1.10. The van der Waals surface area contributed by atoms with Gasteiger partial charge in [0, 0.05) is 12.1 Å². The Bertz CT molecular complexity index is 368. The third-order valence-electron chi connectivity index (χ3n) is 2.60. The highest BCUT2D eigenvalue weighted by molar-refractivity contribution is 5.56. The van der Waals surface area contributed by atoms with Crippen LogP contribution in [0.1, 0.15) is 11.1 Å². The van der Waals surface area contributed by atoms with Gasteiger partial charge in [-0.1, -0.05) is 0 Å². The van der Waals surface area contributed by atoms with E-state index < -0.39 is 10.5 Å². The van der Waals surface area contributed by atoms with Crippen LogP contribution in [0.3, 0.4) is 0 Å². The van der Waals surface area contributed by atoms with Crippen LogP contribution in [-0.4, -0.2) is 23.5 Å². The van der Waals surface area contributed by atoms with Crippen molar-refractivity contribution in [1.29, 1.82) is 0 Å². The first kappa shape index (κ1) is 15.0. The van der Waals surface area contributed by atoms with E-state index in [9.17, 15) is 10.4 Å². The van der Waals surface area contributed by atoms with E-state index >= 15 is 0 Å². The summed E-state index contributed by atoms with van der Waals surface area (Å²) >= 11 is 0. The van der Waals surface area contributed by atoms with E-state index in [4.69, 9.17) is 21.9 Å². The molecular formula is C10H18N4O4. The summed E-state index contributed by atoms with van der Waals surface area (Å²) < 4.78 is 0. The summed E-state index contributed by atoms with van der Waals surface area (Å²) in [5.74, 6) is 0. The maximum Gasteiger partial charge on any atom is 0.173 e. The van der Waals surface area contributed by atoms with Gasteiger partial charge >= 0.3 is 0 Å². The van der Waals surface area contributed by atoms with E-state index in [2.05, 4.69) is 0 Å². The molecule has 2 atom stereocenters. The number of rotatable bonds is 6. The number of nitrogens with one attached hydrogen (secondary N) is 2. The number of hydrogen-bond acceptors (Lipinski definition) is 6. The smallest absolute Gasteiger partial charge is 0.173 e. The number of quaternary nitrogens is 2. The predicted octanol–water partition coefficient (Wildman–Crippen LogP) is -2.50. The van der Waals surface area contributed by atoms with E-state index in [1.54, 1.807) is 0 Å². The van der Waals surface area contributed by atoms with Gasteiger partial charge in [-0.3, -0.25) is 0 Å². The maximum atomic E-state index is 11.2. The molecule has 0 spiro atoms. The van der Waals surface area contributed by atoms with Gasteiger partial charge in [-0.25, -0.2) is 10.4 Å². The van der Waals surface area contributed by atoms with Crippen LogP contribution >= 0.6 is 0 Å². The van der Waals surface area contributed by atoms with Crippen LogP contribution in [0.4, 0.5) is 11.4 Å². The second-order valence-corrected chi connectivity index (χ2v) is 3.86. The Kier molecular flexibility index (Phi) is 5.59. The Labute approximate surface area is 104 Å². The highest BCUT2D eigenvalue weighted by atomic mass is 16.8. The third kappa shape index (κ3) is 3.45. The molecule has 1 rings (SSSR count). The first-order valence-electron chi connectivity index (χ1n) is 5.53. The summed E-state index contributed by atoms with van der Waals surface area (Å²) in [6, 6.07) is 2.93. The normalized spacial score (nSPS) is 14.6. The van der Waals surface area contributed by atoms with E-state index in [-0.39, 0.29) is 29.9 Å². The quantitative estimate of drug-likeness (QED) is 0.311. The molecule has 0 radical (unpaired) electrons. The predicted molar refractivity (Wildman–Crippen MR) is 63.5 cm³/mol. The van der Waals surface area contributed by atoms with E-state index in [1.165, 1.54) is 12.1 Å². The van der Waals surface area contributed by atoms with Crippen molar-refractivity contribution in [1.82, 2.24) is 0 Å². The molecule has 0 saturated carbocycles. The molecule has 1 aromatic rings. The second kappa shape index (κ2) is 6.73. The lowest BCUT2D eigenvalue weighted by Crippen LogP contribution is -3.01. The summed E-state index contributed by atoms with van der Waals surface area (Å²) in [6.07, 6.45) is 0.648. The molecule has 0 bridgehead atoms. The Morgan fingerprint density at radius 1 is 0.944 bits per heavy atom. The van der Waals surface area contributed by atoms with Gasteiger partial charge in [0.15, 0.2) is 11.4 Å². The van der Waals surface area contributed by atoms with Gasteiger partial charge in [-0.05, 0) is 31.5 Å². The molecule has 8 nitrogen and oxygen atoms in total. The maximum absolute atomic E-state index is 11.2. The zero-order valence-electron chi connectivity index (χ0n) is 9.85. The van der Waals surface area contributed by atoms with Crippen molar-refractivity contribution in [2.75, 3.05) is 13.1 Å². The fraction of sp³-hybridized carbons (Fsp3) is 0.400. The van der Waals surface area contributed by atoms with Crippen LogP contribution in [0.15, 0.2) is 12.1 Å². The molecule has 18 heavy (non-hydrogen) atoms. The van der Waals surface area contributed by atoms with Crippen LogP contribution in [0.5, 0.6) is 0 Å². The van der Waals surface area contributed by atoms with E-state index in [0.29, 0.717) is 18.5 Å². The van der Waals surface area contributed by atoms with Gasteiger partial charge < -0.3 is 21.9 Å². The standard InChI is InChI=1S/C10H18N4O4/c11-3-1-7-5-9(13(15)16)8(2-4-12)10(6-7)14(17)18/h5-6,13-15,17H,1-4,11-12H2. The molecule has 0 aliphatic rings. The molecular weight excluding hydrogens is 240 g/mol. The van der Waals surface area contributed by atoms with Gasteiger partial charge in [0.05, 0.1) is 5.56 Å². The molecule has 0 amide bonds. The largest absolute Gasteiger partial charge is 0.595 e. The summed E-state index contributed by atoms with van der Waals surface area (Å²) in [5, 5.41) is 38.3. The molecule has 8 heteroatoms. The van der Waals surface area contributed by atoms with Gasteiger partial charge in [0.1, 0.15) is 0 Å². The van der Waals surface area contributed by atoms with Crippen molar-refractivity contribution in [3.05, 3.63) is 33.7 Å². The fourth-order valence-corrected chi connectivity index (χ4v) is 1.84. The first-order valence-corrected chi connectivity index (χ1v) is 5.53. The molecule has 0 saturated heterocycles. The molecule has 1 aromatic carbocycles. The Balaban J connectivity index is 3.34. The molecule has 2 unspecified atom stereocenters. The Morgan fingerprint density at radius 2 is 1.39 bits per heavy atom. The lowest BCUT2D eigenvalue weighted by molar-refractivity contribution is -0.996. The summed E-state index contributed by atoms with van der Waals surface area (Å²) in [6.45, 7) is 0.519. The SMILES string of the molecule is NCCc1cc([NH+]([O-])O)c(CCN)c([NH+]([O-])O)c1. The second-order valence-electron chi connectivity index (χ2n) is 3.86. The minimum atomic E-state index is -1.15. The van der Waals surface area contributed by atoms with Crippen LogP contribution in [0.2, 0.25) is 0 Å². The topological polar surface area (TPSA) is 148 Å². The van der Waals surface area contributed by atoms with Crippen molar-refractivity contribution in [2.45, 2.75) is 12.8 Å². The van der Waals surface area contributed by atoms with E-state index in [0.717, 1.165) is 0 Å². The average molecular weight is 258 g/mol. The molecule has 0 aromatic heterocycles. The highest BCUT2D eigenvalue weighted by Crippen LogP contribution is 2.22. The third-order valence-corrected chi connectivity index (χ3v) is 2.60. The van der Waals surface area contributed by atoms with Gasteiger partial charge in [0.25, 0.3) is 0 Å². The van der Waals surface area contributed by atoms with E-state index in [1.807, 2.05) is 0 Å². The van der Waals surface area contributed by atoms with Crippen LogP contribution in [0.25, 0.3) is 0 Å². The lowest BCUT2D eigenvalue weighted by Gasteiger charge is -2.21. The first-order chi connectivity index (χ1) is 8.51. The van der Waals surface area contributed by atoms with Gasteiger partial charge in [0.2, 0.25) is 0 Å². The molecule has 0 aliphatic carbocycles. The highest BCUT2D eigenvalue weighted by Gasteiger charge is 2.20. The van der Waals surface area contributed by atoms with Crippen LogP contribution in [0, 0.1) is 10.4 Å². The number of hydrogen-bond donors (Lipinski definition) is 6. The molecule has 102 valence electrons. The fourth-order valence-electron chi connectivity index (χ4n) is 1.84. The Morgan fingerprint density at radius 3 is 1.72 bits per heavy atom. The zero-order valence-corrected chi connectivity index (χ0v) is 9.85. The summed E-state index contributed by atoms with van der Waals surface area (Å²) in [4.78, 5) is 0. The van der Waals surface area contributed by atoms with Gasteiger partial charge in [-0.15, -0.1) is 0 Å². The van der Waals surface area contributed by atoms with Crippen molar-refractivity contribution in [3.8, 4) is 0 Å². The molecule has 0 aliphatic heterocycles. The zero-order chi connectivity index (χ0) is 13.7. The van der Waals surface area contributed by atoms with Crippen molar-refractivity contribution < 1.29 is 20.9 Å². The van der Waals surface area contributed by atoms with Crippen molar-refractivity contribution in [2.24, 2.45) is 11.5 Å². The van der Waals surface area contributed by atoms with Crippen molar-refractivity contribution >= 4 is 11.4 Å². The minimum Gasteiger partial charge on any atom is -0.595 e. The lowest BCUT2D eigenvalue weighted by atomic mass is 10.0. The summed E-state index contributed by atoms with van der Waals surface area (Å²) in [7, 11) is 0. The summed E-state index contributed by atoms with van der Waals surface area (Å²) in [5.41, 5.74) is 11.6. The number of benzene rings is 1. The minimum absolute atomic E-state index is 0.0104. The monoisotopic (exact) mass is 258 g/mol. The molecule has 0 fully saturated rings. The van der Waals surface area contributed by atoms with Crippen molar-refractivity contribution in [3.63, 3.8) is 0 Å². The molecule has 0 heterocycles. The van der Waals surface area contributed by atoms with Crippen LogP contribution in [-0.2, 0) is 12.8 Å². The van der Waals surface area contributed by atoms with Crippen LogP contribution < -0.4 is 21.9 Å².